The lowest BCUT2D eigenvalue weighted by molar-refractivity contribution is -0.138. The SMILES string of the molecule is CC(C)(COP(=O)(O)OP(=O)(O)OC[C@H]1O[C@@H](n2cnc3c(N)ncnc32)[C@H](O)[C@@H]1OP(=O)(O)O)[C@@H](O)C(=O)NCCC(=O)NCCSC(=O)C(O)CCCC(=O)O. The molecule has 1 fully saturated rings. The first-order valence-electron chi connectivity index (χ1n) is 16.8. The number of phosphoric ester groups is 3. The fourth-order valence-corrected chi connectivity index (χ4v) is 8.49. The van der Waals surface area contributed by atoms with Crippen LogP contribution in [-0.4, -0.2) is 145 Å². The van der Waals surface area contributed by atoms with E-state index >= 15 is 0 Å². The monoisotopic (exact) mass is 911 g/mol. The van der Waals surface area contributed by atoms with Crippen molar-refractivity contribution < 1.29 is 95.5 Å². The zero-order chi connectivity index (χ0) is 43.6. The maximum absolute atomic E-state index is 12.7. The zero-order valence-electron chi connectivity index (χ0n) is 30.6. The summed E-state index contributed by atoms with van der Waals surface area (Å²) in [5.74, 6) is -2.59. The summed E-state index contributed by atoms with van der Waals surface area (Å²) in [4.78, 5) is 97.9. The molecule has 328 valence electrons. The third kappa shape index (κ3) is 15.2. The van der Waals surface area contributed by atoms with Crippen molar-refractivity contribution in [2.45, 2.75) is 76.3 Å². The Bertz CT molecular complexity index is 1920. The Morgan fingerprint density at radius 2 is 1.69 bits per heavy atom. The Kier molecular flexibility index (Phi) is 17.9. The van der Waals surface area contributed by atoms with Gasteiger partial charge in [-0.2, -0.15) is 4.31 Å². The van der Waals surface area contributed by atoms with Crippen molar-refractivity contribution in [2.24, 2.45) is 5.41 Å². The van der Waals surface area contributed by atoms with Gasteiger partial charge in [0.15, 0.2) is 17.7 Å². The molecule has 12 N–H and O–H groups in total. The number of nitrogens with two attached hydrogens (primary N) is 1. The normalized spacial score (nSPS) is 21.8. The molecule has 0 saturated carbocycles. The van der Waals surface area contributed by atoms with Crippen LogP contribution in [0, 0.1) is 5.41 Å². The van der Waals surface area contributed by atoms with E-state index in [2.05, 4.69) is 34.4 Å². The number of aromatic nitrogens is 4. The second-order valence-corrected chi connectivity index (χ2v) is 18.4. The number of anilines is 1. The van der Waals surface area contributed by atoms with Crippen LogP contribution in [0.3, 0.4) is 0 Å². The molecule has 2 aromatic rings. The minimum atomic E-state index is -5.60. The fourth-order valence-electron chi connectivity index (χ4n) is 4.94. The summed E-state index contributed by atoms with van der Waals surface area (Å²) in [5.41, 5.74) is 4.18. The Morgan fingerprint density at radius 3 is 2.34 bits per heavy atom. The molecule has 0 radical (unpaired) electrons. The van der Waals surface area contributed by atoms with Crippen LogP contribution in [-0.2, 0) is 55.5 Å². The van der Waals surface area contributed by atoms with E-state index in [9.17, 15) is 67.8 Å². The molecule has 3 unspecified atom stereocenters. The number of nitrogens with zero attached hydrogens (tertiary/aromatic N) is 4. The molecule has 27 nitrogen and oxygen atoms in total. The summed E-state index contributed by atoms with van der Waals surface area (Å²) < 4.78 is 62.0. The number of ether oxygens (including phenoxy) is 1. The van der Waals surface area contributed by atoms with Gasteiger partial charge in [0.1, 0.15) is 42.4 Å². The van der Waals surface area contributed by atoms with Crippen molar-refractivity contribution in [1.82, 2.24) is 30.2 Å². The molecule has 8 atom stereocenters. The standard InChI is InChI=1S/C27H44N7O20P3S/c1-27(2,21(40)24(41)30-7-6-16(36)29-8-9-58-26(42)14(35)4-3-5-17(37)38)11-51-57(48,49)54-56(46,47)50-10-15-20(53-55(43,44)45)19(39)25(52-15)34-13-33-18-22(28)31-12-32-23(18)34/h12-15,19-21,25,35,39-40H,3-11H2,1-2H3,(H,29,36)(H,30,41)(H,37,38)(H,46,47)(H,48,49)(H2,28,31,32)(H2,43,44,45)/t14?,15-,19-,20-,21+,25-/m1/s1. The summed E-state index contributed by atoms with van der Waals surface area (Å²) in [6, 6.07) is 0. The van der Waals surface area contributed by atoms with Gasteiger partial charge in [0, 0.05) is 37.1 Å². The van der Waals surface area contributed by atoms with Crippen molar-refractivity contribution in [3.05, 3.63) is 12.7 Å². The van der Waals surface area contributed by atoms with Gasteiger partial charge in [-0.15, -0.1) is 0 Å². The van der Waals surface area contributed by atoms with E-state index in [4.69, 9.17) is 24.6 Å². The number of aliphatic hydroxyl groups excluding tert-OH is 3. The lowest BCUT2D eigenvalue weighted by Crippen LogP contribution is -2.46. The van der Waals surface area contributed by atoms with Crippen molar-refractivity contribution in [3.63, 3.8) is 0 Å². The maximum atomic E-state index is 12.7. The molecule has 3 rings (SSSR count). The summed E-state index contributed by atoms with van der Waals surface area (Å²) in [6.07, 6.45) is -8.62. The fraction of sp³-hybridized carbons (Fsp3) is 0.667. The lowest BCUT2D eigenvalue weighted by atomic mass is 9.87. The first-order chi connectivity index (χ1) is 26.8. The number of fused-ring (bicyclic) bond motifs is 1. The van der Waals surface area contributed by atoms with Gasteiger partial charge in [0.05, 0.1) is 19.5 Å². The number of aliphatic hydroxyl groups is 3. The molecule has 0 bridgehead atoms. The number of hydrogen-bond donors (Lipinski definition) is 11. The quantitative estimate of drug-likeness (QED) is 0.0412. The number of nitrogens with one attached hydrogen (secondary N) is 2. The number of carbonyl (C=O) groups is 4. The van der Waals surface area contributed by atoms with E-state index in [1.807, 2.05) is 0 Å². The molecule has 1 aliphatic heterocycles. The summed E-state index contributed by atoms with van der Waals surface area (Å²) in [7, 11) is -16.5. The molecule has 2 amide bonds. The van der Waals surface area contributed by atoms with Crippen LogP contribution in [0.15, 0.2) is 12.7 Å². The Labute approximate surface area is 332 Å². The van der Waals surface area contributed by atoms with E-state index in [0.29, 0.717) is 0 Å². The van der Waals surface area contributed by atoms with Gasteiger partial charge in [-0.3, -0.25) is 37.3 Å². The predicted octanol–water partition coefficient (Wildman–Crippen LogP) is -1.72. The van der Waals surface area contributed by atoms with E-state index in [1.54, 1.807) is 0 Å². The van der Waals surface area contributed by atoms with Gasteiger partial charge in [0.25, 0.3) is 0 Å². The molecule has 0 aromatic carbocycles. The van der Waals surface area contributed by atoms with E-state index in [1.165, 1.54) is 13.8 Å². The van der Waals surface area contributed by atoms with E-state index in [-0.39, 0.29) is 61.5 Å². The van der Waals surface area contributed by atoms with Gasteiger partial charge >= 0.3 is 29.4 Å². The number of aliphatic carboxylic acids is 1. The van der Waals surface area contributed by atoms with Crippen LogP contribution in [0.4, 0.5) is 5.82 Å². The summed E-state index contributed by atoms with van der Waals surface area (Å²) in [6.45, 7) is 0.0945. The molecule has 1 saturated heterocycles. The van der Waals surface area contributed by atoms with Crippen molar-refractivity contribution in [1.29, 1.82) is 0 Å². The highest BCUT2D eigenvalue weighted by atomic mass is 32.2. The van der Waals surface area contributed by atoms with Gasteiger partial charge in [-0.1, -0.05) is 25.6 Å². The molecule has 0 aliphatic carbocycles. The molecule has 2 aromatic heterocycles. The summed E-state index contributed by atoms with van der Waals surface area (Å²) >= 11 is 0.740. The number of phosphoric acid groups is 3. The Balaban J connectivity index is 1.46. The van der Waals surface area contributed by atoms with Gasteiger partial charge in [-0.05, 0) is 12.8 Å². The molecular weight excluding hydrogens is 867 g/mol. The highest BCUT2D eigenvalue weighted by Crippen LogP contribution is 2.61. The number of imidazole rings is 1. The van der Waals surface area contributed by atoms with Crippen molar-refractivity contribution >= 4 is 75.1 Å². The van der Waals surface area contributed by atoms with Crippen LogP contribution >= 0.6 is 35.2 Å². The second-order valence-electron chi connectivity index (χ2n) is 13.0. The number of rotatable bonds is 24. The molecule has 58 heavy (non-hydrogen) atoms. The smallest absolute Gasteiger partial charge is 0.481 e. The van der Waals surface area contributed by atoms with Gasteiger partial charge < -0.3 is 61.1 Å². The van der Waals surface area contributed by atoms with Crippen molar-refractivity contribution in [3.8, 4) is 0 Å². The lowest BCUT2D eigenvalue weighted by Gasteiger charge is -2.30. The highest BCUT2D eigenvalue weighted by molar-refractivity contribution is 8.13. The molecular formula is C27H44N7O20P3S. The number of hydrogen-bond acceptors (Lipinski definition) is 20. The van der Waals surface area contributed by atoms with Crippen LogP contribution in [0.5, 0.6) is 0 Å². The van der Waals surface area contributed by atoms with Crippen LogP contribution in [0.25, 0.3) is 11.2 Å². The molecule has 31 heteroatoms. The topological polar surface area (TPSA) is 421 Å². The number of amides is 2. The van der Waals surface area contributed by atoms with Crippen LogP contribution in [0.2, 0.25) is 0 Å². The third-order valence-corrected chi connectivity index (χ3v) is 12.0. The first-order valence-corrected chi connectivity index (χ1v) is 22.3. The van der Waals surface area contributed by atoms with Gasteiger partial charge in [-0.25, -0.2) is 28.6 Å². The molecule has 3 heterocycles. The number of nitrogen functional groups attached to an aromatic ring is 1. The van der Waals surface area contributed by atoms with E-state index < -0.39 is 102 Å². The van der Waals surface area contributed by atoms with Crippen LogP contribution < -0.4 is 16.4 Å². The number of carbonyl (C=O) groups excluding carboxylic acids is 3. The predicted molar refractivity (Wildman–Crippen MR) is 195 cm³/mol. The van der Waals surface area contributed by atoms with Crippen LogP contribution in [0.1, 0.15) is 45.8 Å². The largest absolute Gasteiger partial charge is 0.481 e. The molecule has 1 aliphatic rings. The first kappa shape index (κ1) is 49.4. The average molecular weight is 912 g/mol. The average Bonchev–Trinajstić information content (AvgIpc) is 3.67. The van der Waals surface area contributed by atoms with Gasteiger partial charge in [0.2, 0.25) is 16.9 Å². The summed E-state index contributed by atoms with van der Waals surface area (Å²) in [5, 5.41) is 44.0. The second kappa shape index (κ2) is 21.0. The third-order valence-electron chi connectivity index (χ3n) is 7.89. The minimum absolute atomic E-state index is 0.0156. The maximum Gasteiger partial charge on any atom is 0.481 e. The Hall–Kier alpha value is -3.01. The number of thioether (sulfide) groups is 1. The number of carboxylic acids is 1. The zero-order valence-corrected chi connectivity index (χ0v) is 34.1. The Morgan fingerprint density at radius 1 is 1.02 bits per heavy atom. The minimum Gasteiger partial charge on any atom is -0.481 e. The van der Waals surface area contributed by atoms with Crippen molar-refractivity contribution in [2.75, 3.05) is 37.8 Å². The highest BCUT2D eigenvalue weighted by Gasteiger charge is 2.50. The van der Waals surface area contributed by atoms with E-state index in [0.717, 1.165) is 29.0 Å². The molecule has 0 spiro atoms. The number of carboxylic acid groups (broad SMARTS) is 1.